The SMILES string of the molecule is [Ge]/[CH]=C\c1ccccc1. The van der Waals surface area contributed by atoms with Crippen LogP contribution in [0.25, 0.3) is 6.08 Å². The van der Waals surface area contributed by atoms with Gasteiger partial charge in [0.25, 0.3) is 0 Å². The zero-order valence-corrected chi connectivity index (χ0v) is 7.14. The molecule has 0 aromatic heterocycles. The summed E-state index contributed by atoms with van der Waals surface area (Å²) in [6, 6.07) is 10.3. The van der Waals surface area contributed by atoms with E-state index in [0.717, 1.165) is 0 Å². The van der Waals surface area contributed by atoms with E-state index in [9.17, 15) is 0 Å². The Hall–Kier alpha value is -0.497. The molecular formula is C8H7Ge. The van der Waals surface area contributed by atoms with Crippen molar-refractivity contribution >= 4 is 22.6 Å². The molecule has 0 bridgehead atoms. The quantitative estimate of drug-likeness (QED) is 0.572. The van der Waals surface area contributed by atoms with Gasteiger partial charge in [0, 0.05) is 0 Å². The summed E-state index contributed by atoms with van der Waals surface area (Å²) in [5, 5.41) is 0. The molecule has 9 heavy (non-hydrogen) atoms. The molecule has 43 valence electrons. The molecule has 0 saturated heterocycles. The first-order valence-corrected chi connectivity index (χ1v) is 4.03. The Kier molecular flexibility index (Phi) is 2.58. The van der Waals surface area contributed by atoms with Gasteiger partial charge in [-0.05, 0) is 0 Å². The summed E-state index contributed by atoms with van der Waals surface area (Å²) in [5.41, 5.74) is 1.26. The average molecular weight is 176 g/mol. The van der Waals surface area contributed by atoms with Crippen molar-refractivity contribution in [1.29, 1.82) is 0 Å². The van der Waals surface area contributed by atoms with Gasteiger partial charge in [0.15, 0.2) is 0 Å². The zero-order valence-electron chi connectivity index (χ0n) is 5.04. The van der Waals surface area contributed by atoms with E-state index in [4.69, 9.17) is 0 Å². The molecule has 1 rings (SSSR count). The van der Waals surface area contributed by atoms with Crippen molar-refractivity contribution in [3.8, 4) is 0 Å². The van der Waals surface area contributed by atoms with Crippen LogP contribution in [-0.4, -0.2) is 16.5 Å². The molecule has 0 atom stereocenters. The van der Waals surface area contributed by atoms with Crippen LogP contribution in [0.4, 0.5) is 0 Å². The van der Waals surface area contributed by atoms with Crippen molar-refractivity contribution < 1.29 is 0 Å². The normalized spacial score (nSPS) is 10.3. The van der Waals surface area contributed by atoms with E-state index in [0.29, 0.717) is 0 Å². The molecule has 0 unspecified atom stereocenters. The molecule has 0 fully saturated rings. The van der Waals surface area contributed by atoms with Crippen LogP contribution in [0, 0.1) is 0 Å². The van der Waals surface area contributed by atoms with Crippen molar-refractivity contribution in [3.63, 3.8) is 0 Å². The molecule has 3 radical (unpaired) electrons. The third-order valence-electron chi connectivity index (χ3n) is 1.08. The standard InChI is InChI=1S/C8H7Ge/c9-7-6-8-4-2-1-3-5-8/h1-7H/b7-6-. The van der Waals surface area contributed by atoms with Crippen molar-refractivity contribution in [2.24, 2.45) is 0 Å². The number of rotatable bonds is 1. The fourth-order valence-corrected chi connectivity index (χ4v) is 1.06. The van der Waals surface area contributed by atoms with Crippen LogP contribution >= 0.6 is 0 Å². The van der Waals surface area contributed by atoms with Crippen LogP contribution < -0.4 is 0 Å². The maximum atomic E-state index is 2.08. The molecule has 0 saturated carbocycles. The molecule has 0 aliphatic heterocycles. The minimum atomic E-state index is 1.26. The first kappa shape index (κ1) is 6.62. The summed E-state index contributed by atoms with van der Waals surface area (Å²) in [5.74, 6) is 0. The molecular weight excluding hydrogens is 169 g/mol. The van der Waals surface area contributed by atoms with Gasteiger partial charge in [0.05, 0.1) is 0 Å². The Bertz CT molecular complexity index is 189. The van der Waals surface area contributed by atoms with Gasteiger partial charge in [-0.1, -0.05) is 0 Å². The van der Waals surface area contributed by atoms with E-state index in [2.05, 4.69) is 18.2 Å². The van der Waals surface area contributed by atoms with E-state index < -0.39 is 0 Å². The first-order chi connectivity index (χ1) is 4.43. The van der Waals surface area contributed by atoms with Gasteiger partial charge >= 0.3 is 63.4 Å². The third kappa shape index (κ3) is 2.06. The van der Waals surface area contributed by atoms with Crippen LogP contribution in [-0.2, 0) is 0 Å². The fourth-order valence-electron chi connectivity index (χ4n) is 0.660. The molecule has 0 nitrogen and oxygen atoms in total. The molecule has 1 aromatic rings. The van der Waals surface area contributed by atoms with Gasteiger partial charge in [0.1, 0.15) is 0 Å². The average Bonchev–Trinajstić information content (AvgIpc) is 1.91. The van der Waals surface area contributed by atoms with Crippen molar-refractivity contribution in [1.82, 2.24) is 0 Å². The molecule has 0 N–H and O–H groups in total. The number of hydrogen-bond acceptors (Lipinski definition) is 0. The van der Waals surface area contributed by atoms with Crippen molar-refractivity contribution in [3.05, 3.63) is 40.8 Å². The van der Waals surface area contributed by atoms with E-state index >= 15 is 0 Å². The zero-order chi connectivity index (χ0) is 6.53. The van der Waals surface area contributed by atoms with Crippen molar-refractivity contribution in [2.45, 2.75) is 0 Å². The second kappa shape index (κ2) is 3.51. The monoisotopic (exact) mass is 177 g/mol. The van der Waals surface area contributed by atoms with Gasteiger partial charge in [0.2, 0.25) is 0 Å². The number of benzene rings is 1. The third-order valence-corrected chi connectivity index (χ3v) is 1.43. The predicted octanol–water partition coefficient (Wildman–Crippen LogP) is 1.83. The molecule has 0 heterocycles. The van der Waals surface area contributed by atoms with Crippen molar-refractivity contribution in [2.75, 3.05) is 0 Å². The van der Waals surface area contributed by atoms with Gasteiger partial charge in [-0.3, -0.25) is 0 Å². The maximum absolute atomic E-state index is 2.08. The van der Waals surface area contributed by atoms with Gasteiger partial charge in [-0.25, -0.2) is 0 Å². The predicted molar refractivity (Wildman–Crippen MR) is 41.2 cm³/mol. The topological polar surface area (TPSA) is 0 Å². The Labute approximate surface area is 63.8 Å². The second-order valence-electron chi connectivity index (χ2n) is 1.74. The second-order valence-corrected chi connectivity index (χ2v) is 2.44. The minimum absolute atomic E-state index is 1.26. The summed E-state index contributed by atoms with van der Waals surface area (Å²) in [6.07, 6.45) is 2.08. The summed E-state index contributed by atoms with van der Waals surface area (Å²) in [4.78, 5) is 2.04. The van der Waals surface area contributed by atoms with Gasteiger partial charge in [-0.2, -0.15) is 0 Å². The Morgan fingerprint density at radius 1 is 1.11 bits per heavy atom. The van der Waals surface area contributed by atoms with E-state index in [1.807, 2.05) is 39.6 Å². The molecule has 0 spiro atoms. The van der Waals surface area contributed by atoms with Crippen LogP contribution in [0.3, 0.4) is 0 Å². The summed E-state index contributed by atoms with van der Waals surface area (Å²) >= 11 is 2.02. The van der Waals surface area contributed by atoms with Gasteiger partial charge in [-0.15, -0.1) is 0 Å². The van der Waals surface area contributed by atoms with E-state index in [-0.39, 0.29) is 0 Å². The molecule has 1 heteroatoms. The molecule has 1 aromatic carbocycles. The number of hydrogen-bond donors (Lipinski definition) is 0. The fraction of sp³-hybridized carbons (Fsp3) is 0. The Balaban J connectivity index is 2.85. The van der Waals surface area contributed by atoms with Crippen LogP contribution in [0.1, 0.15) is 5.56 Å². The summed E-state index contributed by atoms with van der Waals surface area (Å²) < 4.78 is 0. The van der Waals surface area contributed by atoms with E-state index in [1.165, 1.54) is 5.56 Å². The van der Waals surface area contributed by atoms with Gasteiger partial charge < -0.3 is 0 Å². The Morgan fingerprint density at radius 2 is 1.78 bits per heavy atom. The molecule has 0 aliphatic rings. The summed E-state index contributed by atoms with van der Waals surface area (Å²) in [7, 11) is 0. The van der Waals surface area contributed by atoms with Crippen LogP contribution in [0.15, 0.2) is 35.2 Å². The van der Waals surface area contributed by atoms with Crippen LogP contribution in [0.5, 0.6) is 0 Å². The van der Waals surface area contributed by atoms with Crippen LogP contribution in [0.2, 0.25) is 0 Å². The van der Waals surface area contributed by atoms with E-state index in [1.54, 1.807) is 0 Å². The summed E-state index contributed by atoms with van der Waals surface area (Å²) in [6.45, 7) is 0. The molecule has 0 amide bonds. The molecule has 0 aliphatic carbocycles. The first-order valence-electron chi connectivity index (χ1n) is 2.82. The Morgan fingerprint density at radius 3 is 2.33 bits per heavy atom.